The molecule has 66 valence electrons. The highest BCUT2D eigenvalue weighted by molar-refractivity contribution is 5.78. The summed E-state index contributed by atoms with van der Waals surface area (Å²) in [5, 5.41) is 16.1. The summed E-state index contributed by atoms with van der Waals surface area (Å²) in [6, 6.07) is 0. The fraction of sp³-hybridized carbons (Fsp3) is 0.200. The van der Waals surface area contributed by atoms with Crippen LogP contribution in [0.25, 0.3) is 0 Å². The number of allylic oxidation sites excluding steroid dienone is 1. The molecule has 2 N–H and O–H groups in total. The molecule has 0 aromatic heterocycles. The molecule has 0 fully saturated rings. The number of guanidine groups is 1. The Morgan fingerprint density at radius 1 is 1.83 bits per heavy atom. The molecule has 0 rings (SSSR count). The number of hydrogen-bond acceptors (Lipinski definition) is 3. The van der Waals surface area contributed by atoms with E-state index in [1.807, 2.05) is 0 Å². The Balaban J connectivity index is 4.51. The third kappa shape index (κ3) is 3.30. The van der Waals surface area contributed by atoms with Gasteiger partial charge in [-0.05, 0) is 6.92 Å². The third-order valence-electron chi connectivity index (χ3n) is 0.861. The summed E-state index contributed by atoms with van der Waals surface area (Å²) in [5.41, 5.74) is 5.16. The van der Waals surface area contributed by atoms with Gasteiger partial charge in [0.25, 0.3) is 5.96 Å². The van der Waals surface area contributed by atoms with Crippen LogP contribution >= 0.6 is 0 Å². The zero-order valence-corrected chi connectivity index (χ0v) is 6.54. The highest BCUT2D eigenvalue weighted by atomic mass is 16.7. The van der Waals surface area contributed by atoms with Crippen molar-refractivity contribution in [2.45, 2.75) is 6.92 Å². The van der Waals surface area contributed by atoms with E-state index in [2.05, 4.69) is 16.9 Å². The van der Waals surface area contributed by atoms with Gasteiger partial charge in [-0.2, -0.15) is 5.10 Å². The fourth-order valence-corrected chi connectivity index (χ4v) is 0.467. The molecule has 0 aliphatic heterocycles. The van der Waals surface area contributed by atoms with Gasteiger partial charge in [0.05, 0.1) is 0 Å². The molecule has 0 aliphatic carbocycles. The maximum absolute atomic E-state index is 9.86. The number of rotatable bonds is 3. The molecular formula is C5H9N5O2. The van der Waals surface area contributed by atoms with Crippen molar-refractivity contribution in [2.75, 3.05) is 0 Å². The number of hydrazone groups is 2. The second kappa shape index (κ2) is 4.83. The van der Waals surface area contributed by atoms with Crippen molar-refractivity contribution in [1.82, 2.24) is 5.01 Å². The van der Waals surface area contributed by atoms with Crippen molar-refractivity contribution >= 4 is 12.7 Å². The Morgan fingerprint density at radius 3 is 2.75 bits per heavy atom. The van der Waals surface area contributed by atoms with E-state index < -0.39 is 5.03 Å². The largest absolute Gasteiger partial charge is 0.363 e. The third-order valence-corrected chi connectivity index (χ3v) is 0.861. The standard InChI is InChI=1S/C5H9N5O2/c1-3-4-9(7-2)5(6)8-10(11)12/h3-4H,2H2,1H3,(H2,6,8)/b4-3+. The normalized spacial score (nSPS) is 11.6. The summed E-state index contributed by atoms with van der Waals surface area (Å²) >= 11 is 0. The van der Waals surface area contributed by atoms with Gasteiger partial charge in [0.15, 0.2) is 5.03 Å². The van der Waals surface area contributed by atoms with Crippen LogP contribution in [0.15, 0.2) is 22.5 Å². The van der Waals surface area contributed by atoms with Gasteiger partial charge >= 0.3 is 0 Å². The number of nitro groups is 1. The van der Waals surface area contributed by atoms with Crippen molar-refractivity contribution in [3.8, 4) is 0 Å². The average molecular weight is 171 g/mol. The van der Waals surface area contributed by atoms with Crippen LogP contribution in [0, 0.1) is 10.1 Å². The van der Waals surface area contributed by atoms with Crippen LogP contribution in [0.1, 0.15) is 6.92 Å². The Bertz CT molecular complexity index is 234. The molecule has 0 amide bonds. The Hall–Kier alpha value is -1.92. The topological polar surface area (TPSA) is 97.1 Å². The van der Waals surface area contributed by atoms with Crippen LogP contribution in [-0.4, -0.2) is 22.7 Å². The van der Waals surface area contributed by atoms with E-state index in [1.165, 1.54) is 6.20 Å². The summed E-state index contributed by atoms with van der Waals surface area (Å²) < 4.78 is 0. The zero-order valence-electron chi connectivity index (χ0n) is 6.54. The summed E-state index contributed by atoms with van der Waals surface area (Å²) in [5.74, 6) is -0.340. The highest BCUT2D eigenvalue weighted by Crippen LogP contribution is 1.89. The van der Waals surface area contributed by atoms with Crippen molar-refractivity contribution in [1.29, 1.82) is 0 Å². The van der Waals surface area contributed by atoms with E-state index in [1.54, 1.807) is 13.0 Å². The molecule has 12 heavy (non-hydrogen) atoms. The average Bonchev–Trinajstić information content (AvgIpc) is 1.98. The molecule has 0 aromatic carbocycles. The van der Waals surface area contributed by atoms with Crippen LogP contribution in [0.4, 0.5) is 0 Å². The molecule has 0 aliphatic rings. The lowest BCUT2D eigenvalue weighted by atomic mass is 10.7. The minimum absolute atomic E-state index is 0.340. The lowest BCUT2D eigenvalue weighted by molar-refractivity contribution is -0.485. The SMILES string of the molecule is C=NN(/C=C/C)/C(N)=N\[N+](=O)[O-]. The van der Waals surface area contributed by atoms with Crippen LogP contribution in [0.5, 0.6) is 0 Å². The summed E-state index contributed by atoms with van der Waals surface area (Å²) in [6.45, 7) is 4.86. The second-order valence-electron chi connectivity index (χ2n) is 1.66. The van der Waals surface area contributed by atoms with Crippen LogP contribution in [0.2, 0.25) is 0 Å². The molecule has 0 atom stereocenters. The van der Waals surface area contributed by atoms with E-state index in [-0.39, 0.29) is 5.96 Å². The first-order valence-electron chi connectivity index (χ1n) is 2.99. The Morgan fingerprint density at radius 2 is 2.42 bits per heavy atom. The summed E-state index contributed by atoms with van der Waals surface area (Å²) in [7, 11) is 0. The van der Waals surface area contributed by atoms with Gasteiger partial charge in [0.2, 0.25) is 0 Å². The molecule has 0 saturated heterocycles. The van der Waals surface area contributed by atoms with E-state index in [0.29, 0.717) is 0 Å². The van der Waals surface area contributed by atoms with E-state index >= 15 is 0 Å². The van der Waals surface area contributed by atoms with Crippen LogP contribution in [0.3, 0.4) is 0 Å². The van der Waals surface area contributed by atoms with Gasteiger partial charge < -0.3 is 5.73 Å². The lowest BCUT2D eigenvalue weighted by Gasteiger charge is -2.07. The Labute approximate surface area is 69.0 Å². The molecule has 0 spiro atoms. The van der Waals surface area contributed by atoms with E-state index in [0.717, 1.165) is 5.01 Å². The molecule has 0 radical (unpaired) electrons. The monoisotopic (exact) mass is 171 g/mol. The second-order valence-corrected chi connectivity index (χ2v) is 1.66. The minimum Gasteiger partial charge on any atom is -0.363 e. The van der Waals surface area contributed by atoms with Crippen molar-refractivity contribution in [3.63, 3.8) is 0 Å². The molecule has 7 nitrogen and oxygen atoms in total. The number of nitrogens with zero attached hydrogens (tertiary/aromatic N) is 4. The molecular weight excluding hydrogens is 162 g/mol. The van der Waals surface area contributed by atoms with Crippen molar-refractivity contribution in [3.05, 3.63) is 22.4 Å². The number of hydrogen-bond donors (Lipinski definition) is 1. The lowest BCUT2D eigenvalue weighted by Crippen LogP contribution is -2.29. The summed E-state index contributed by atoms with van der Waals surface area (Å²) in [6.07, 6.45) is 2.99. The van der Waals surface area contributed by atoms with Crippen molar-refractivity contribution < 1.29 is 5.03 Å². The van der Waals surface area contributed by atoms with Crippen molar-refractivity contribution in [2.24, 2.45) is 15.9 Å². The minimum atomic E-state index is -0.906. The quantitative estimate of drug-likeness (QED) is 0.278. The van der Waals surface area contributed by atoms with E-state index in [4.69, 9.17) is 5.73 Å². The predicted octanol–water partition coefficient (Wildman–Crippen LogP) is -0.0560. The van der Waals surface area contributed by atoms with Crippen LogP contribution < -0.4 is 5.73 Å². The molecule has 0 bridgehead atoms. The smallest absolute Gasteiger partial charge is 0.293 e. The van der Waals surface area contributed by atoms with Gasteiger partial charge in [-0.15, -0.1) is 0 Å². The number of nitrogens with two attached hydrogens (primary N) is 1. The molecule has 0 heterocycles. The first-order valence-corrected chi connectivity index (χ1v) is 2.99. The fourth-order valence-electron chi connectivity index (χ4n) is 0.467. The maximum Gasteiger partial charge on any atom is 0.293 e. The van der Waals surface area contributed by atoms with Gasteiger partial charge in [0, 0.05) is 12.9 Å². The van der Waals surface area contributed by atoms with Crippen LogP contribution in [-0.2, 0) is 0 Å². The predicted molar refractivity (Wildman–Crippen MR) is 44.8 cm³/mol. The first-order chi connectivity index (χ1) is 5.61. The molecule has 0 aromatic rings. The summed E-state index contributed by atoms with van der Waals surface area (Å²) in [4.78, 5) is 9.86. The van der Waals surface area contributed by atoms with Gasteiger partial charge in [-0.25, -0.2) is 15.1 Å². The highest BCUT2D eigenvalue weighted by Gasteiger charge is 2.04. The van der Waals surface area contributed by atoms with Gasteiger partial charge in [-0.1, -0.05) is 6.08 Å². The first kappa shape index (κ1) is 10.1. The zero-order chi connectivity index (χ0) is 9.56. The molecule has 0 unspecified atom stereocenters. The Kier molecular flexibility index (Phi) is 4.06. The molecule has 7 heteroatoms. The van der Waals surface area contributed by atoms with E-state index in [9.17, 15) is 10.1 Å². The van der Waals surface area contributed by atoms with Gasteiger partial charge in [-0.3, -0.25) is 0 Å². The maximum atomic E-state index is 9.86. The van der Waals surface area contributed by atoms with Gasteiger partial charge in [0.1, 0.15) is 5.10 Å². The molecule has 0 saturated carbocycles.